The Bertz CT molecular complexity index is 1030. The number of rotatable bonds is 9. The molecule has 1 saturated heterocycles. The molecular weight excluding hydrogens is 468 g/mol. The number of nitrogens with zero attached hydrogens (tertiary/aromatic N) is 2. The van der Waals surface area contributed by atoms with E-state index < -0.39 is 17.7 Å². The van der Waals surface area contributed by atoms with E-state index in [1.807, 2.05) is 68.1 Å². The van der Waals surface area contributed by atoms with E-state index in [-0.39, 0.29) is 11.8 Å². The lowest BCUT2D eigenvalue weighted by Crippen LogP contribution is -2.55. The molecule has 1 aliphatic heterocycles. The third-order valence-electron chi connectivity index (χ3n) is 6.19. The Morgan fingerprint density at radius 1 is 0.892 bits per heavy atom. The summed E-state index contributed by atoms with van der Waals surface area (Å²) in [5.41, 5.74) is 2.58. The van der Waals surface area contributed by atoms with Crippen molar-refractivity contribution in [2.24, 2.45) is 0 Å². The number of hydrogen-bond donors (Lipinski definition) is 2. The van der Waals surface area contributed by atoms with Gasteiger partial charge in [-0.05, 0) is 37.5 Å². The summed E-state index contributed by atoms with van der Waals surface area (Å²) in [4.78, 5) is 41.7. The van der Waals surface area contributed by atoms with Crippen molar-refractivity contribution in [2.45, 2.75) is 65.3 Å². The van der Waals surface area contributed by atoms with E-state index in [0.717, 1.165) is 30.8 Å². The van der Waals surface area contributed by atoms with Crippen molar-refractivity contribution < 1.29 is 19.1 Å². The van der Waals surface area contributed by atoms with E-state index in [4.69, 9.17) is 4.74 Å². The first-order valence-corrected chi connectivity index (χ1v) is 13.0. The molecule has 1 fully saturated rings. The molecule has 0 radical (unpaired) electrons. The Morgan fingerprint density at radius 3 is 2.11 bits per heavy atom. The van der Waals surface area contributed by atoms with Gasteiger partial charge in [-0.1, -0.05) is 61.5 Å². The Hall–Kier alpha value is -3.39. The van der Waals surface area contributed by atoms with Crippen LogP contribution in [-0.2, 0) is 33.8 Å². The molecule has 8 heteroatoms. The van der Waals surface area contributed by atoms with Crippen molar-refractivity contribution in [1.29, 1.82) is 0 Å². The lowest BCUT2D eigenvalue weighted by Gasteiger charge is -2.36. The van der Waals surface area contributed by atoms with Gasteiger partial charge in [0.1, 0.15) is 11.6 Å². The Labute approximate surface area is 220 Å². The maximum absolute atomic E-state index is 13.4. The molecule has 0 unspecified atom stereocenters. The molecule has 1 aliphatic rings. The van der Waals surface area contributed by atoms with Gasteiger partial charge in [-0.25, -0.2) is 4.79 Å². The monoisotopic (exact) mass is 508 g/mol. The number of amides is 3. The zero-order valence-electron chi connectivity index (χ0n) is 22.5. The number of hydrogen-bond acceptors (Lipinski definition) is 5. The van der Waals surface area contributed by atoms with Crippen molar-refractivity contribution in [1.82, 2.24) is 20.4 Å². The van der Waals surface area contributed by atoms with E-state index in [2.05, 4.69) is 27.7 Å². The molecule has 2 aromatic carbocycles. The third kappa shape index (κ3) is 9.53. The summed E-state index contributed by atoms with van der Waals surface area (Å²) in [7, 11) is 0. The molecule has 1 heterocycles. The molecular formula is C29H40N4O4. The van der Waals surface area contributed by atoms with E-state index in [9.17, 15) is 14.4 Å². The van der Waals surface area contributed by atoms with Gasteiger partial charge in [-0.2, -0.15) is 0 Å². The van der Waals surface area contributed by atoms with Crippen LogP contribution in [0.25, 0.3) is 0 Å². The van der Waals surface area contributed by atoms with Crippen molar-refractivity contribution >= 4 is 17.9 Å². The molecule has 8 nitrogen and oxygen atoms in total. The van der Waals surface area contributed by atoms with Crippen molar-refractivity contribution in [2.75, 3.05) is 26.2 Å². The molecule has 1 atom stereocenters. The SMILES string of the molecule is CCC(=O)N[C@H](Cc1ccc(CNC(=O)OC(C)(C)C)cc1)C(=O)N1CCN(Cc2ccccc2)CC1. The van der Waals surface area contributed by atoms with Gasteiger partial charge in [0.2, 0.25) is 11.8 Å². The number of alkyl carbamates (subject to hydrolysis) is 1. The molecule has 2 N–H and O–H groups in total. The number of carbonyl (C=O) groups is 3. The highest BCUT2D eigenvalue weighted by Crippen LogP contribution is 2.13. The summed E-state index contributed by atoms with van der Waals surface area (Å²) < 4.78 is 5.27. The summed E-state index contributed by atoms with van der Waals surface area (Å²) in [6.45, 7) is 11.3. The van der Waals surface area contributed by atoms with Crippen LogP contribution in [0.2, 0.25) is 0 Å². The minimum absolute atomic E-state index is 0.0446. The van der Waals surface area contributed by atoms with E-state index in [1.165, 1.54) is 5.56 Å². The van der Waals surface area contributed by atoms with Crippen LogP contribution < -0.4 is 10.6 Å². The molecule has 0 spiro atoms. The normalized spacial score (nSPS) is 15.1. The molecule has 0 bridgehead atoms. The van der Waals surface area contributed by atoms with Gasteiger partial charge in [-0.3, -0.25) is 14.5 Å². The van der Waals surface area contributed by atoms with Gasteiger partial charge >= 0.3 is 6.09 Å². The maximum atomic E-state index is 13.4. The minimum atomic E-state index is -0.612. The maximum Gasteiger partial charge on any atom is 0.407 e. The van der Waals surface area contributed by atoms with Crippen LogP contribution in [0.15, 0.2) is 54.6 Å². The number of ether oxygens (including phenoxy) is 1. The lowest BCUT2D eigenvalue weighted by atomic mass is 10.0. The van der Waals surface area contributed by atoms with Crippen LogP contribution in [-0.4, -0.2) is 65.5 Å². The molecule has 0 aliphatic carbocycles. The fraction of sp³-hybridized carbons (Fsp3) is 0.483. The van der Waals surface area contributed by atoms with E-state index in [1.54, 1.807) is 6.92 Å². The predicted molar refractivity (Wildman–Crippen MR) is 144 cm³/mol. The zero-order chi connectivity index (χ0) is 26.8. The smallest absolute Gasteiger partial charge is 0.407 e. The van der Waals surface area contributed by atoms with Crippen molar-refractivity contribution in [3.63, 3.8) is 0 Å². The second-order valence-electron chi connectivity index (χ2n) is 10.4. The zero-order valence-corrected chi connectivity index (χ0v) is 22.5. The topological polar surface area (TPSA) is 91.0 Å². The summed E-state index contributed by atoms with van der Waals surface area (Å²) >= 11 is 0. The van der Waals surface area contributed by atoms with Crippen LogP contribution in [0.3, 0.4) is 0 Å². The van der Waals surface area contributed by atoms with Gasteiger partial charge < -0.3 is 20.3 Å². The molecule has 37 heavy (non-hydrogen) atoms. The molecule has 200 valence electrons. The Morgan fingerprint density at radius 2 is 1.51 bits per heavy atom. The van der Waals surface area contributed by atoms with E-state index >= 15 is 0 Å². The van der Waals surface area contributed by atoms with Crippen LogP contribution >= 0.6 is 0 Å². The van der Waals surface area contributed by atoms with Crippen LogP contribution in [0.5, 0.6) is 0 Å². The molecule has 0 saturated carbocycles. The average molecular weight is 509 g/mol. The van der Waals surface area contributed by atoms with Crippen LogP contribution in [0.1, 0.15) is 50.8 Å². The minimum Gasteiger partial charge on any atom is -0.444 e. The van der Waals surface area contributed by atoms with Gasteiger partial charge in [0.15, 0.2) is 0 Å². The Balaban J connectivity index is 1.55. The first-order valence-electron chi connectivity index (χ1n) is 13.0. The van der Waals surface area contributed by atoms with E-state index in [0.29, 0.717) is 32.5 Å². The van der Waals surface area contributed by atoms with Crippen LogP contribution in [0.4, 0.5) is 4.79 Å². The standard InChI is InChI=1S/C29H40N4O4/c1-5-26(34)31-25(19-22-11-13-23(14-12-22)20-30-28(36)37-29(2,3)4)27(35)33-17-15-32(16-18-33)21-24-9-7-6-8-10-24/h6-14,25H,5,15-21H2,1-4H3,(H,30,36)(H,31,34)/t25-/m1/s1. The van der Waals surface area contributed by atoms with Crippen LogP contribution in [0, 0.1) is 0 Å². The number of benzene rings is 2. The van der Waals surface area contributed by atoms with Crippen molar-refractivity contribution in [3.05, 3.63) is 71.3 Å². The molecule has 3 rings (SSSR count). The first-order chi connectivity index (χ1) is 17.6. The average Bonchev–Trinajstić information content (AvgIpc) is 2.87. The quantitative estimate of drug-likeness (QED) is 0.541. The summed E-state index contributed by atoms with van der Waals surface area (Å²) in [5.74, 6) is -0.184. The second-order valence-corrected chi connectivity index (χ2v) is 10.4. The fourth-order valence-corrected chi connectivity index (χ4v) is 4.20. The third-order valence-corrected chi connectivity index (χ3v) is 6.19. The van der Waals surface area contributed by atoms with Gasteiger partial charge in [-0.15, -0.1) is 0 Å². The highest BCUT2D eigenvalue weighted by atomic mass is 16.6. The summed E-state index contributed by atoms with van der Waals surface area (Å²) in [5, 5.41) is 5.67. The number of carbonyl (C=O) groups excluding carboxylic acids is 3. The largest absolute Gasteiger partial charge is 0.444 e. The number of piperazine rings is 1. The van der Waals surface area contributed by atoms with Gasteiger partial charge in [0.05, 0.1) is 0 Å². The first kappa shape index (κ1) is 28.2. The molecule has 0 aromatic heterocycles. The lowest BCUT2D eigenvalue weighted by molar-refractivity contribution is -0.138. The molecule has 2 aromatic rings. The molecule has 3 amide bonds. The number of nitrogens with one attached hydrogen (secondary N) is 2. The van der Waals surface area contributed by atoms with Crippen molar-refractivity contribution in [3.8, 4) is 0 Å². The summed E-state index contributed by atoms with van der Waals surface area (Å²) in [6.07, 6.45) is 0.270. The highest BCUT2D eigenvalue weighted by molar-refractivity contribution is 5.88. The predicted octanol–water partition coefficient (Wildman–Crippen LogP) is 3.49. The van der Waals surface area contributed by atoms with Gasteiger partial charge in [0, 0.05) is 52.1 Å². The Kier molecular flexibility index (Phi) is 10.1. The second kappa shape index (κ2) is 13.2. The summed E-state index contributed by atoms with van der Waals surface area (Å²) in [6, 6.07) is 17.4. The highest BCUT2D eigenvalue weighted by Gasteiger charge is 2.28. The van der Waals surface area contributed by atoms with Gasteiger partial charge in [0.25, 0.3) is 0 Å². The fourth-order valence-electron chi connectivity index (χ4n) is 4.20.